The predicted octanol–water partition coefficient (Wildman–Crippen LogP) is -0.408. The van der Waals surface area contributed by atoms with E-state index in [4.69, 9.17) is 0 Å². The van der Waals surface area contributed by atoms with E-state index in [9.17, 15) is 23.3 Å². The molecular weight excluding hydrogens is 376 g/mol. The summed E-state index contributed by atoms with van der Waals surface area (Å²) in [5, 5.41) is 14.2. The number of aromatic nitrogens is 2. The van der Waals surface area contributed by atoms with Gasteiger partial charge in [-0.15, -0.1) is 0 Å². The standard InChI is InChI=1S/C15H20N6O5S/c1-27(25,26)19-10-8-18(9-11-19)7-5-16-14-13(21(23)24)15(22)20-6-3-2-4-12(20)17-14/h2-4,6,16H,5,7-11H2,1H3. The summed E-state index contributed by atoms with van der Waals surface area (Å²) in [6.07, 6.45) is 2.62. The molecule has 0 unspecified atom stereocenters. The first-order valence-electron chi connectivity index (χ1n) is 8.34. The molecule has 0 aromatic carbocycles. The predicted molar refractivity (Wildman–Crippen MR) is 99.5 cm³/mol. The van der Waals surface area contributed by atoms with Crippen LogP contribution in [-0.4, -0.2) is 77.5 Å². The molecule has 1 aliphatic rings. The van der Waals surface area contributed by atoms with Crippen molar-refractivity contribution in [3.05, 3.63) is 44.9 Å². The van der Waals surface area contributed by atoms with Crippen LogP contribution >= 0.6 is 0 Å². The molecular formula is C15H20N6O5S. The summed E-state index contributed by atoms with van der Waals surface area (Å²) in [5.74, 6) is -0.0639. The summed E-state index contributed by atoms with van der Waals surface area (Å²) < 4.78 is 25.6. The quantitative estimate of drug-likeness (QED) is 0.515. The van der Waals surface area contributed by atoms with Crippen molar-refractivity contribution in [2.24, 2.45) is 0 Å². The van der Waals surface area contributed by atoms with Gasteiger partial charge in [-0.2, -0.15) is 4.31 Å². The highest BCUT2D eigenvalue weighted by atomic mass is 32.2. The maximum absolute atomic E-state index is 12.4. The molecule has 2 aromatic rings. The van der Waals surface area contributed by atoms with Gasteiger partial charge in [0.15, 0.2) is 0 Å². The fraction of sp³-hybridized carbons (Fsp3) is 0.467. The largest absolute Gasteiger partial charge is 0.376 e. The molecule has 12 heteroatoms. The molecule has 2 aromatic heterocycles. The Morgan fingerprint density at radius 1 is 1.26 bits per heavy atom. The Kier molecular flexibility index (Phi) is 5.39. The van der Waals surface area contributed by atoms with Crippen molar-refractivity contribution in [3.63, 3.8) is 0 Å². The third-order valence-corrected chi connectivity index (χ3v) is 5.72. The minimum atomic E-state index is -3.18. The van der Waals surface area contributed by atoms with E-state index in [0.29, 0.717) is 44.9 Å². The highest BCUT2D eigenvalue weighted by molar-refractivity contribution is 7.88. The molecule has 1 saturated heterocycles. The number of hydrogen-bond acceptors (Lipinski definition) is 8. The molecule has 3 rings (SSSR count). The topological polar surface area (TPSA) is 130 Å². The lowest BCUT2D eigenvalue weighted by Gasteiger charge is -2.33. The molecule has 146 valence electrons. The van der Waals surface area contributed by atoms with Crippen LogP contribution in [0.2, 0.25) is 0 Å². The highest BCUT2D eigenvalue weighted by Crippen LogP contribution is 2.17. The van der Waals surface area contributed by atoms with Crippen molar-refractivity contribution < 1.29 is 13.3 Å². The summed E-state index contributed by atoms with van der Waals surface area (Å²) in [6, 6.07) is 4.89. The molecule has 1 fully saturated rings. The van der Waals surface area contributed by atoms with Crippen molar-refractivity contribution >= 4 is 27.2 Å². The van der Waals surface area contributed by atoms with Crippen LogP contribution in [0.5, 0.6) is 0 Å². The van der Waals surface area contributed by atoms with Gasteiger partial charge in [0.05, 0.1) is 11.2 Å². The summed E-state index contributed by atoms with van der Waals surface area (Å²) in [4.78, 5) is 29.2. The number of nitrogens with zero attached hydrogens (tertiary/aromatic N) is 5. The first kappa shape index (κ1) is 19.2. The Morgan fingerprint density at radius 3 is 2.59 bits per heavy atom. The van der Waals surface area contributed by atoms with Crippen molar-refractivity contribution in [1.29, 1.82) is 0 Å². The summed E-state index contributed by atoms with van der Waals surface area (Å²) in [5.41, 5.74) is -1.02. The second kappa shape index (κ2) is 7.58. The van der Waals surface area contributed by atoms with Crippen molar-refractivity contribution in [2.45, 2.75) is 0 Å². The van der Waals surface area contributed by atoms with Crippen LogP contribution in [0.15, 0.2) is 29.2 Å². The Bertz CT molecular complexity index is 1010. The van der Waals surface area contributed by atoms with E-state index in [1.165, 1.54) is 16.8 Å². The van der Waals surface area contributed by atoms with Gasteiger partial charge < -0.3 is 5.32 Å². The van der Waals surface area contributed by atoms with E-state index >= 15 is 0 Å². The van der Waals surface area contributed by atoms with Crippen molar-refractivity contribution in [3.8, 4) is 0 Å². The van der Waals surface area contributed by atoms with E-state index < -0.39 is 26.2 Å². The molecule has 27 heavy (non-hydrogen) atoms. The molecule has 0 radical (unpaired) electrons. The number of nitrogens with one attached hydrogen (secondary N) is 1. The molecule has 3 heterocycles. The molecule has 0 spiro atoms. The zero-order valence-electron chi connectivity index (χ0n) is 14.7. The molecule has 0 bridgehead atoms. The number of sulfonamides is 1. The summed E-state index contributed by atoms with van der Waals surface area (Å²) >= 11 is 0. The maximum Gasteiger partial charge on any atom is 0.376 e. The molecule has 0 amide bonds. The van der Waals surface area contributed by atoms with Gasteiger partial charge in [0, 0.05) is 45.5 Å². The average molecular weight is 396 g/mol. The molecule has 1 N–H and O–H groups in total. The second-order valence-corrected chi connectivity index (χ2v) is 8.21. The van der Waals surface area contributed by atoms with Gasteiger partial charge in [0.25, 0.3) is 0 Å². The van der Waals surface area contributed by atoms with Gasteiger partial charge in [-0.25, -0.2) is 13.4 Å². The van der Waals surface area contributed by atoms with E-state index in [1.54, 1.807) is 18.2 Å². The van der Waals surface area contributed by atoms with Crippen LogP contribution in [-0.2, 0) is 10.0 Å². The third-order valence-electron chi connectivity index (χ3n) is 4.41. The number of nitro groups is 1. The van der Waals surface area contributed by atoms with E-state index in [0.717, 1.165) is 4.40 Å². The normalized spacial score (nSPS) is 16.5. The summed E-state index contributed by atoms with van der Waals surface area (Å²) in [6.45, 7) is 2.86. The Labute approximate surface area is 155 Å². The molecule has 0 atom stereocenters. The lowest BCUT2D eigenvalue weighted by atomic mass is 10.3. The van der Waals surface area contributed by atoms with Gasteiger partial charge in [0.2, 0.25) is 15.8 Å². The van der Waals surface area contributed by atoms with Gasteiger partial charge in [-0.3, -0.25) is 24.2 Å². The van der Waals surface area contributed by atoms with Crippen LogP contribution in [0, 0.1) is 10.1 Å². The Morgan fingerprint density at radius 2 is 1.96 bits per heavy atom. The summed E-state index contributed by atoms with van der Waals surface area (Å²) in [7, 11) is -3.18. The number of fused-ring (bicyclic) bond motifs is 1. The van der Waals surface area contributed by atoms with Gasteiger partial charge in [0.1, 0.15) is 5.65 Å². The second-order valence-electron chi connectivity index (χ2n) is 6.23. The fourth-order valence-electron chi connectivity index (χ4n) is 2.98. The number of anilines is 1. The van der Waals surface area contributed by atoms with Gasteiger partial charge in [-0.1, -0.05) is 6.07 Å². The first-order valence-corrected chi connectivity index (χ1v) is 10.2. The zero-order valence-corrected chi connectivity index (χ0v) is 15.6. The van der Waals surface area contributed by atoms with Crippen molar-refractivity contribution in [1.82, 2.24) is 18.6 Å². The van der Waals surface area contributed by atoms with E-state index in [-0.39, 0.29) is 5.82 Å². The molecule has 0 saturated carbocycles. The minimum Gasteiger partial charge on any atom is -0.363 e. The number of rotatable bonds is 6. The van der Waals surface area contributed by atoms with E-state index in [1.807, 2.05) is 0 Å². The monoisotopic (exact) mass is 396 g/mol. The van der Waals surface area contributed by atoms with Crippen molar-refractivity contribution in [2.75, 3.05) is 50.8 Å². The van der Waals surface area contributed by atoms with Gasteiger partial charge >= 0.3 is 11.2 Å². The molecule has 1 aliphatic heterocycles. The first-order chi connectivity index (χ1) is 12.8. The number of hydrogen-bond donors (Lipinski definition) is 1. The average Bonchev–Trinajstić information content (AvgIpc) is 2.61. The number of piperazine rings is 1. The lowest BCUT2D eigenvalue weighted by Crippen LogP contribution is -2.49. The Balaban J connectivity index is 1.68. The molecule has 0 aliphatic carbocycles. The van der Waals surface area contributed by atoms with Crippen LogP contribution in [0.1, 0.15) is 0 Å². The lowest BCUT2D eigenvalue weighted by molar-refractivity contribution is -0.385. The number of pyridine rings is 1. The Hall–Kier alpha value is -2.57. The fourth-order valence-corrected chi connectivity index (χ4v) is 3.81. The maximum atomic E-state index is 12.4. The highest BCUT2D eigenvalue weighted by Gasteiger charge is 2.25. The van der Waals surface area contributed by atoms with Crippen LogP contribution in [0.25, 0.3) is 5.65 Å². The van der Waals surface area contributed by atoms with Crippen LogP contribution in [0.4, 0.5) is 11.5 Å². The smallest absolute Gasteiger partial charge is 0.363 e. The minimum absolute atomic E-state index is 0.0639. The zero-order chi connectivity index (χ0) is 19.6. The van der Waals surface area contributed by atoms with Gasteiger partial charge in [-0.05, 0) is 12.1 Å². The van der Waals surface area contributed by atoms with E-state index in [2.05, 4.69) is 15.2 Å². The van der Waals surface area contributed by atoms with Crippen LogP contribution in [0.3, 0.4) is 0 Å². The third kappa shape index (κ3) is 4.23. The SMILES string of the molecule is CS(=O)(=O)N1CCN(CCNc2nc3ccccn3c(=O)c2[N+](=O)[O-])CC1. The molecule has 11 nitrogen and oxygen atoms in total. The van der Waals surface area contributed by atoms with Crippen LogP contribution < -0.4 is 10.9 Å².